The van der Waals surface area contributed by atoms with Gasteiger partial charge in [-0.2, -0.15) is 0 Å². The Labute approximate surface area is 104 Å². The molecule has 0 aromatic heterocycles. The lowest BCUT2D eigenvalue weighted by Crippen LogP contribution is -2.34. The summed E-state index contributed by atoms with van der Waals surface area (Å²) in [6.45, 7) is 1.85. The second-order valence-electron chi connectivity index (χ2n) is 3.78. The van der Waals surface area contributed by atoms with Gasteiger partial charge >= 0.3 is 11.9 Å². The fourth-order valence-corrected chi connectivity index (χ4v) is 1.66. The highest BCUT2D eigenvalue weighted by Gasteiger charge is 2.28. The molecule has 96 valence electrons. The average molecular weight is 251 g/mol. The number of carbonyl (C=O) groups is 2. The Morgan fingerprint density at radius 1 is 1.61 bits per heavy atom. The zero-order valence-electron chi connectivity index (χ0n) is 9.80. The van der Waals surface area contributed by atoms with Gasteiger partial charge in [-0.1, -0.05) is 0 Å². The van der Waals surface area contributed by atoms with Gasteiger partial charge in [0.05, 0.1) is 12.2 Å². The molecule has 0 amide bonds. The van der Waals surface area contributed by atoms with E-state index in [9.17, 15) is 14.7 Å². The van der Waals surface area contributed by atoms with Crippen molar-refractivity contribution in [2.24, 2.45) is 0 Å². The maximum Gasteiger partial charge on any atom is 0.340 e. The first-order valence-corrected chi connectivity index (χ1v) is 5.55. The van der Waals surface area contributed by atoms with E-state index >= 15 is 0 Å². The van der Waals surface area contributed by atoms with Gasteiger partial charge in [0.2, 0.25) is 0 Å². The summed E-state index contributed by atoms with van der Waals surface area (Å²) in [6.07, 6.45) is 0. The molecule has 6 nitrogen and oxygen atoms in total. The number of nitrogens with one attached hydrogen (secondary N) is 1. The third-order valence-electron chi connectivity index (χ3n) is 2.51. The molecule has 1 unspecified atom stereocenters. The topological polar surface area (TPSA) is 84.9 Å². The van der Waals surface area contributed by atoms with E-state index in [-0.39, 0.29) is 24.5 Å². The van der Waals surface area contributed by atoms with Crippen LogP contribution in [0.3, 0.4) is 0 Å². The van der Waals surface area contributed by atoms with Crippen LogP contribution in [0.5, 0.6) is 5.75 Å². The molecule has 0 bridgehead atoms. The lowest BCUT2D eigenvalue weighted by atomic mass is 10.1. The van der Waals surface area contributed by atoms with Gasteiger partial charge in [0.15, 0.2) is 6.04 Å². The molecular weight excluding hydrogens is 238 g/mol. The van der Waals surface area contributed by atoms with Crippen LogP contribution >= 0.6 is 0 Å². The van der Waals surface area contributed by atoms with E-state index in [1.165, 1.54) is 18.2 Å². The SMILES string of the molecule is CCOC(=O)C1COC(=O)c2cc(O)ccc2N1. The van der Waals surface area contributed by atoms with Gasteiger partial charge < -0.3 is 19.9 Å². The molecule has 0 radical (unpaired) electrons. The second kappa shape index (κ2) is 4.95. The minimum absolute atomic E-state index is 0.0397. The van der Waals surface area contributed by atoms with E-state index in [1.807, 2.05) is 0 Å². The van der Waals surface area contributed by atoms with E-state index in [2.05, 4.69) is 5.32 Å². The van der Waals surface area contributed by atoms with E-state index in [1.54, 1.807) is 6.92 Å². The molecule has 2 rings (SSSR count). The first kappa shape index (κ1) is 12.2. The highest BCUT2D eigenvalue weighted by atomic mass is 16.6. The van der Waals surface area contributed by atoms with Gasteiger partial charge in [0, 0.05) is 5.69 Å². The number of fused-ring (bicyclic) bond motifs is 1. The summed E-state index contributed by atoms with van der Waals surface area (Å²) in [5, 5.41) is 12.2. The first-order valence-electron chi connectivity index (χ1n) is 5.55. The number of hydrogen-bond acceptors (Lipinski definition) is 6. The van der Waals surface area contributed by atoms with Crippen LogP contribution in [0.25, 0.3) is 0 Å². The number of ether oxygens (including phenoxy) is 2. The lowest BCUT2D eigenvalue weighted by Gasteiger charge is -2.14. The van der Waals surface area contributed by atoms with Gasteiger partial charge in [0.25, 0.3) is 0 Å². The predicted octanol–water partition coefficient (Wildman–Crippen LogP) is 0.906. The standard InChI is InChI=1S/C12H13NO5/c1-2-17-12(16)10-6-18-11(15)8-5-7(14)3-4-9(8)13-10/h3-5,10,13-14H,2,6H2,1H3. The van der Waals surface area contributed by atoms with Crippen molar-refractivity contribution < 1.29 is 24.2 Å². The Balaban J connectivity index is 2.27. The summed E-state index contributed by atoms with van der Waals surface area (Å²) < 4.78 is 9.82. The fourth-order valence-electron chi connectivity index (χ4n) is 1.66. The van der Waals surface area contributed by atoms with Gasteiger partial charge in [-0.05, 0) is 25.1 Å². The Hall–Kier alpha value is -2.24. The van der Waals surface area contributed by atoms with Crippen LogP contribution in [0.15, 0.2) is 18.2 Å². The molecule has 0 saturated heterocycles. The third-order valence-corrected chi connectivity index (χ3v) is 2.51. The van der Waals surface area contributed by atoms with Gasteiger partial charge in [0.1, 0.15) is 12.4 Å². The summed E-state index contributed by atoms with van der Waals surface area (Å²) in [4.78, 5) is 23.3. The number of anilines is 1. The number of aromatic hydroxyl groups is 1. The van der Waals surface area contributed by atoms with E-state index in [0.717, 1.165) is 0 Å². The monoisotopic (exact) mass is 251 g/mol. The highest BCUT2D eigenvalue weighted by molar-refractivity contribution is 5.98. The lowest BCUT2D eigenvalue weighted by molar-refractivity contribution is -0.144. The number of rotatable bonds is 2. The molecule has 1 heterocycles. The van der Waals surface area contributed by atoms with Crippen LogP contribution in [-0.4, -0.2) is 36.3 Å². The zero-order chi connectivity index (χ0) is 13.1. The molecule has 1 aliphatic rings. The summed E-state index contributed by atoms with van der Waals surface area (Å²) in [5.74, 6) is -1.10. The molecule has 0 fully saturated rings. The fraction of sp³-hybridized carbons (Fsp3) is 0.333. The summed E-state index contributed by atoms with van der Waals surface area (Å²) >= 11 is 0. The molecule has 2 N–H and O–H groups in total. The molecule has 18 heavy (non-hydrogen) atoms. The van der Waals surface area contributed by atoms with Crippen molar-refractivity contribution in [2.75, 3.05) is 18.5 Å². The number of benzene rings is 1. The minimum Gasteiger partial charge on any atom is -0.508 e. The number of hydrogen-bond donors (Lipinski definition) is 2. The molecule has 1 atom stereocenters. The van der Waals surface area contributed by atoms with Crippen LogP contribution in [0.2, 0.25) is 0 Å². The largest absolute Gasteiger partial charge is 0.508 e. The normalized spacial score (nSPS) is 18.1. The van der Waals surface area contributed by atoms with Crippen LogP contribution in [0, 0.1) is 0 Å². The number of carbonyl (C=O) groups excluding carboxylic acids is 2. The van der Waals surface area contributed by atoms with Gasteiger partial charge in [-0.15, -0.1) is 0 Å². The van der Waals surface area contributed by atoms with Crippen molar-refractivity contribution >= 4 is 17.6 Å². The van der Waals surface area contributed by atoms with Crippen LogP contribution < -0.4 is 5.32 Å². The average Bonchev–Trinajstić information content (AvgIpc) is 2.50. The molecule has 0 spiro atoms. The van der Waals surface area contributed by atoms with Crippen molar-refractivity contribution in [2.45, 2.75) is 13.0 Å². The van der Waals surface area contributed by atoms with Crippen molar-refractivity contribution in [3.63, 3.8) is 0 Å². The highest BCUT2D eigenvalue weighted by Crippen LogP contribution is 2.25. The molecule has 6 heteroatoms. The summed E-state index contributed by atoms with van der Waals surface area (Å²) in [5.41, 5.74) is 0.634. The molecule has 1 aromatic carbocycles. The predicted molar refractivity (Wildman–Crippen MR) is 62.4 cm³/mol. The maximum atomic E-state index is 11.7. The van der Waals surface area contributed by atoms with Crippen LogP contribution in [0.1, 0.15) is 17.3 Å². The van der Waals surface area contributed by atoms with Crippen molar-refractivity contribution in [1.29, 1.82) is 0 Å². The van der Waals surface area contributed by atoms with Crippen LogP contribution in [-0.2, 0) is 14.3 Å². The minimum atomic E-state index is -0.736. The Bertz CT molecular complexity index is 485. The zero-order valence-corrected chi connectivity index (χ0v) is 9.80. The van der Waals surface area contributed by atoms with Crippen molar-refractivity contribution in [3.8, 4) is 5.75 Å². The molecule has 0 aliphatic carbocycles. The number of esters is 2. The molecule has 0 saturated carbocycles. The Kier molecular flexibility index (Phi) is 3.36. The number of phenolic OH excluding ortho intramolecular Hbond substituents is 1. The van der Waals surface area contributed by atoms with E-state index < -0.39 is 18.0 Å². The van der Waals surface area contributed by atoms with Gasteiger partial charge in [-0.3, -0.25) is 0 Å². The third kappa shape index (κ3) is 2.37. The second-order valence-corrected chi connectivity index (χ2v) is 3.78. The number of phenols is 1. The molecule has 1 aromatic rings. The van der Waals surface area contributed by atoms with Crippen molar-refractivity contribution in [3.05, 3.63) is 23.8 Å². The Morgan fingerprint density at radius 3 is 3.11 bits per heavy atom. The quantitative estimate of drug-likeness (QED) is 0.600. The van der Waals surface area contributed by atoms with Crippen molar-refractivity contribution in [1.82, 2.24) is 0 Å². The number of cyclic esters (lactones) is 1. The first-order chi connectivity index (χ1) is 8.61. The van der Waals surface area contributed by atoms with E-state index in [0.29, 0.717) is 5.69 Å². The Morgan fingerprint density at radius 2 is 2.39 bits per heavy atom. The molecular formula is C12H13NO5. The van der Waals surface area contributed by atoms with Gasteiger partial charge in [-0.25, -0.2) is 9.59 Å². The smallest absolute Gasteiger partial charge is 0.340 e. The van der Waals surface area contributed by atoms with Crippen LogP contribution in [0.4, 0.5) is 5.69 Å². The summed E-state index contributed by atoms with van der Waals surface area (Å²) in [6, 6.07) is 3.49. The summed E-state index contributed by atoms with van der Waals surface area (Å²) in [7, 11) is 0. The van der Waals surface area contributed by atoms with E-state index in [4.69, 9.17) is 9.47 Å². The molecule has 1 aliphatic heterocycles. The maximum absolute atomic E-state index is 11.7.